The van der Waals surface area contributed by atoms with Crippen LogP contribution in [0.1, 0.15) is 18.4 Å². The Labute approximate surface area is 154 Å². The smallest absolute Gasteiger partial charge is 0.240 e. The number of ether oxygens (including phenoxy) is 3. The van der Waals surface area contributed by atoms with Crippen LogP contribution in [0.3, 0.4) is 0 Å². The molecule has 0 bridgehead atoms. The molecule has 0 unspecified atom stereocenters. The summed E-state index contributed by atoms with van der Waals surface area (Å²) in [4.78, 5) is 0.239. The van der Waals surface area contributed by atoms with Crippen LogP contribution < -0.4 is 14.2 Å². The predicted octanol–water partition coefficient (Wildman–Crippen LogP) is 2.73. The van der Waals surface area contributed by atoms with E-state index in [9.17, 15) is 8.42 Å². The number of methoxy groups -OCH3 is 1. The molecule has 0 spiro atoms. The van der Waals surface area contributed by atoms with Gasteiger partial charge in [0.25, 0.3) is 0 Å². The third-order valence-electron chi connectivity index (χ3n) is 4.20. The molecule has 6 nitrogen and oxygen atoms in total. The Kier molecular flexibility index (Phi) is 6.13. The van der Waals surface area contributed by atoms with E-state index in [2.05, 4.69) is 4.72 Å². The maximum Gasteiger partial charge on any atom is 0.240 e. The summed E-state index contributed by atoms with van der Waals surface area (Å²) in [6, 6.07) is 13.7. The lowest BCUT2D eigenvalue weighted by atomic mass is 10.2. The Morgan fingerprint density at radius 2 is 1.96 bits per heavy atom. The number of sulfonamides is 1. The second-order valence-electron chi connectivity index (χ2n) is 6.07. The molecule has 0 saturated carbocycles. The molecule has 140 valence electrons. The minimum atomic E-state index is -3.55. The van der Waals surface area contributed by atoms with Crippen molar-refractivity contribution in [2.75, 3.05) is 20.3 Å². The maximum absolute atomic E-state index is 12.3. The molecular weight excluding hydrogens is 354 g/mol. The summed E-state index contributed by atoms with van der Waals surface area (Å²) in [5.41, 5.74) is 0.783. The average molecular weight is 377 g/mol. The number of hydrogen-bond acceptors (Lipinski definition) is 5. The highest BCUT2D eigenvalue weighted by atomic mass is 32.2. The third kappa shape index (κ3) is 4.75. The first-order valence-electron chi connectivity index (χ1n) is 8.54. The molecule has 0 radical (unpaired) electrons. The summed E-state index contributed by atoms with van der Waals surface area (Å²) in [7, 11) is -1.99. The van der Waals surface area contributed by atoms with Crippen LogP contribution in [0.4, 0.5) is 0 Å². The maximum atomic E-state index is 12.3. The van der Waals surface area contributed by atoms with Gasteiger partial charge in [0.15, 0.2) is 11.5 Å². The van der Waals surface area contributed by atoms with E-state index in [1.54, 1.807) is 49.6 Å². The van der Waals surface area contributed by atoms with Crippen LogP contribution in [0.15, 0.2) is 53.4 Å². The van der Waals surface area contributed by atoms with Crippen molar-refractivity contribution < 1.29 is 22.6 Å². The van der Waals surface area contributed by atoms with Gasteiger partial charge in [-0.3, -0.25) is 0 Å². The van der Waals surface area contributed by atoms with E-state index in [1.165, 1.54) is 0 Å². The first-order chi connectivity index (χ1) is 12.6. The van der Waals surface area contributed by atoms with Crippen molar-refractivity contribution in [2.45, 2.75) is 30.4 Å². The number of nitrogens with one attached hydrogen (secondary N) is 1. The number of benzene rings is 2. The summed E-state index contributed by atoms with van der Waals surface area (Å²) in [6.07, 6.45) is 2.19. The van der Waals surface area contributed by atoms with E-state index in [1.807, 2.05) is 6.07 Å². The second kappa shape index (κ2) is 8.53. The fourth-order valence-electron chi connectivity index (χ4n) is 2.76. The van der Waals surface area contributed by atoms with E-state index in [4.69, 9.17) is 14.2 Å². The van der Waals surface area contributed by atoms with Crippen LogP contribution in [0.2, 0.25) is 0 Å². The van der Waals surface area contributed by atoms with Crippen molar-refractivity contribution in [1.82, 2.24) is 4.72 Å². The van der Waals surface area contributed by atoms with Crippen LogP contribution in [0.5, 0.6) is 11.5 Å². The first kappa shape index (κ1) is 18.7. The van der Waals surface area contributed by atoms with Crippen molar-refractivity contribution in [1.29, 1.82) is 0 Å². The minimum absolute atomic E-state index is 0.122. The van der Waals surface area contributed by atoms with Crippen molar-refractivity contribution in [2.24, 2.45) is 0 Å². The standard InChI is InChI=1S/C19H23NO5S/c1-23-19-12-15(9-10-18(19)25-14-16-6-5-11-24-16)13-20-26(21,22)17-7-3-2-4-8-17/h2-4,7-10,12,16,20H,5-6,11,13-14H2,1H3/t16-/m1/s1. The summed E-state index contributed by atoms with van der Waals surface area (Å²) < 4.78 is 43.9. The van der Waals surface area contributed by atoms with Crippen LogP contribution in [-0.4, -0.2) is 34.8 Å². The number of hydrogen-bond donors (Lipinski definition) is 1. The Hall–Kier alpha value is -2.09. The predicted molar refractivity (Wildman–Crippen MR) is 97.9 cm³/mol. The van der Waals surface area contributed by atoms with Gasteiger partial charge in [-0.2, -0.15) is 0 Å². The van der Waals surface area contributed by atoms with E-state index in [0.717, 1.165) is 25.0 Å². The topological polar surface area (TPSA) is 73.9 Å². The van der Waals surface area contributed by atoms with Gasteiger partial charge in [-0.15, -0.1) is 0 Å². The second-order valence-corrected chi connectivity index (χ2v) is 7.84. The third-order valence-corrected chi connectivity index (χ3v) is 5.61. The summed E-state index contributed by atoms with van der Waals surface area (Å²) in [6.45, 7) is 1.43. The largest absolute Gasteiger partial charge is 0.493 e. The molecule has 2 aromatic carbocycles. The summed E-state index contributed by atoms with van der Waals surface area (Å²) in [5, 5.41) is 0. The van der Waals surface area contributed by atoms with E-state index < -0.39 is 10.0 Å². The molecule has 2 aromatic rings. The van der Waals surface area contributed by atoms with Crippen molar-refractivity contribution in [3.8, 4) is 11.5 Å². The minimum Gasteiger partial charge on any atom is -0.493 e. The zero-order valence-corrected chi connectivity index (χ0v) is 15.5. The molecule has 1 N–H and O–H groups in total. The fraction of sp³-hybridized carbons (Fsp3) is 0.368. The van der Waals surface area contributed by atoms with Gasteiger partial charge in [0.1, 0.15) is 6.61 Å². The molecule has 26 heavy (non-hydrogen) atoms. The Balaban J connectivity index is 1.63. The lowest BCUT2D eigenvalue weighted by Gasteiger charge is -2.15. The molecule has 0 amide bonds. The lowest BCUT2D eigenvalue weighted by molar-refractivity contribution is 0.0669. The quantitative estimate of drug-likeness (QED) is 0.766. The Bertz CT molecular complexity index is 817. The lowest BCUT2D eigenvalue weighted by Crippen LogP contribution is -2.23. The van der Waals surface area contributed by atoms with Crippen molar-refractivity contribution in [3.63, 3.8) is 0 Å². The highest BCUT2D eigenvalue weighted by Crippen LogP contribution is 2.29. The average Bonchev–Trinajstić information content (AvgIpc) is 3.19. The molecule has 0 aromatic heterocycles. The molecule has 1 aliphatic heterocycles. The number of rotatable bonds is 8. The molecule has 1 aliphatic rings. The highest BCUT2D eigenvalue weighted by Gasteiger charge is 2.18. The molecule has 7 heteroatoms. The van der Waals surface area contributed by atoms with E-state index >= 15 is 0 Å². The van der Waals surface area contributed by atoms with Gasteiger partial charge in [-0.05, 0) is 42.7 Å². The van der Waals surface area contributed by atoms with Crippen LogP contribution >= 0.6 is 0 Å². The van der Waals surface area contributed by atoms with E-state index in [-0.39, 0.29) is 17.5 Å². The first-order valence-corrected chi connectivity index (χ1v) is 10.0. The van der Waals surface area contributed by atoms with Crippen LogP contribution in [0.25, 0.3) is 0 Å². The van der Waals surface area contributed by atoms with Gasteiger partial charge in [-0.25, -0.2) is 13.1 Å². The van der Waals surface area contributed by atoms with Gasteiger partial charge < -0.3 is 14.2 Å². The monoisotopic (exact) mass is 377 g/mol. The van der Waals surface area contributed by atoms with Crippen LogP contribution in [0, 0.1) is 0 Å². The normalized spacial score (nSPS) is 17.2. The zero-order chi connectivity index (χ0) is 18.4. The molecule has 1 heterocycles. The highest BCUT2D eigenvalue weighted by molar-refractivity contribution is 7.89. The Morgan fingerprint density at radius 3 is 2.65 bits per heavy atom. The van der Waals surface area contributed by atoms with Gasteiger partial charge in [0.05, 0.1) is 18.1 Å². The molecule has 0 aliphatic carbocycles. The van der Waals surface area contributed by atoms with Gasteiger partial charge in [-0.1, -0.05) is 24.3 Å². The van der Waals surface area contributed by atoms with Crippen LogP contribution in [-0.2, 0) is 21.3 Å². The van der Waals surface area contributed by atoms with Crippen molar-refractivity contribution >= 4 is 10.0 Å². The zero-order valence-electron chi connectivity index (χ0n) is 14.7. The molecule has 1 saturated heterocycles. The molecular formula is C19H23NO5S. The molecule has 1 atom stereocenters. The van der Waals surface area contributed by atoms with E-state index in [0.29, 0.717) is 18.1 Å². The SMILES string of the molecule is COc1cc(CNS(=O)(=O)c2ccccc2)ccc1OC[C@H]1CCCO1. The van der Waals surface area contributed by atoms with Crippen molar-refractivity contribution in [3.05, 3.63) is 54.1 Å². The molecule has 1 fully saturated rings. The van der Waals surface area contributed by atoms with Gasteiger partial charge in [0, 0.05) is 13.2 Å². The summed E-state index contributed by atoms with van der Waals surface area (Å²) in [5.74, 6) is 1.19. The van der Waals surface area contributed by atoms with Gasteiger partial charge >= 0.3 is 0 Å². The Morgan fingerprint density at radius 1 is 1.15 bits per heavy atom. The fourth-order valence-corrected chi connectivity index (χ4v) is 3.80. The molecule has 3 rings (SSSR count). The summed E-state index contributed by atoms with van der Waals surface area (Å²) >= 11 is 0. The van der Waals surface area contributed by atoms with Gasteiger partial charge in [0.2, 0.25) is 10.0 Å².